The van der Waals surface area contributed by atoms with Gasteiger partial charge in [-0.3, -0.25) is 4.90 Å². The number of nitrogens with zero attached hydrogens (tertiary/aromatic N) is 3. The number of hydrogen-bond acceptors (Lipinski definition) is 5. The molecule has 2 atom stereocenters. The van der Waals surface area contributed by atoms with E-state index in [0.29, 0.717) is 6.54 Å². The van der Waals surface area contributed by atoms with E-state index in [9.17, 15) is 0 Å². The lowest BCUT2D eigenvalue weighted by Crippen LogP contribution is -2.45. The molecule has 1 aromatic heterocycles. The first-order valence-corrected chi connectivity index (χ1v) is 11.7. The molecule has 0 unspecified atom stereocenters. The highest BCUT2D eigenvalue weighted by Gasteiger charge is 2.23. The van der Waals surface area contributed by atoms with Gasteiger partial charge in [-0.15, -0.1) is 0 Å². The van der Waals surface area contributed by atoms with Gasteiger partial charge in [-0.25, -0.2) is 9.97 Å². The van der Waals surface area contributed by atoms with Gasteiger partial charge in [-0.05, 0) is 55.2 Å². The highest BCUT2D eigenvalue weighted by molar-refractivity contribution is 9.10. The number of benzene rings is 2. The van der Waals surface area contributed by atoms with Crippen molar-refractivity contribution in [3.05, 3.63) is 58.3 Å². The lowest BCUT2D eigenvalue weighted by Gasteiger charge is -2.34. The molecule has 1 saturated heterocycles. The molecule has 0 spiro atoms. The Balaban J connectivity index is 1.65. The Bertz CT molecular complexity index is 1050. The molecule has 0 saturated carbocycles. The van der Waals surface area contributed by atoms with Crippen LogP contribution >= 0.6 is 15.9 Å². The number of morpholine rings is 1. The Kier molecular flexibility index (Phi) is 6.33. The smallest absolute Gasteiger partial charge is 0.145 e. The van der Waals surface area contributed by atoms with Crippen LogP contribution in [0.15, 0.2) is 46.9 Å². The summed E-state index contributed by atoms with van der Waals surface area (Å²) in [6.45, 7) is 13.4. The molecule has 1 fully saturated rings. The number of nitrogens with one attached hydrogen (secondary N) is 1. The summed E-state index contributed by atoms with van der Waals surface area (Å²) < 4.78 is 6.89. The van der Waals surface area contributed by atoms with Crippen LogP contribution in [-0.2, 0) is 16.7 Å². The largest absolute Gasteiger partial charge is 0.373 e. The Morgan fingerprint density at radius 2 is 1.71 bits per heavy atom. The molecule has 0 aliphatic carbocycles. The zero-order chi connectivity index (χ0) is 22.2. The minimum absolute atomic E-state index is 0.131. The van der Waals surface area contributed by atoms with Gasteiger partial charge in [0.1, 0.15) is 11.6 Å². The first-order chi connectivity index (χ1) is 14.7. The minimum Gasteiger partial charge on any atom is -0.373 e. The van der Waals surface area contributed by atoms with Gasteiger partial charge in [-0.1, -0.05) is 48.8 Å². The Morgan fingerprint density at radius 1 is 1.03 bits per heavy atom. The van der Waals surface area contributed by atoms with E-state index in [4.69, 9.17) is 14.7 Å². The second kappa shape index (κ2) is 8.85. The zero-order valence-corrected chi connectivity index (χ0v) is 20.5. The van der Waals surface area contributed by atoms with Crippen LogP contribution in [0.5, 0.6) is 0 Å². The topological polar surface area (TPSA) is 50.3 Å². The molecule has 1 aliphatic rings. The molecule has 0 bridgehead atoms. The van der Waals surface area contributed by atoms with Gasteiger partial charge < -0.3 is 10.1 Å². The van der Waals surface area contributed by atoms with E-state index in [2.05, 4.69) is 97.2 Å². The van der Waals surface area contributed by atoms with Crippen molar-refractivity contribution in [3.8, 4) is 0 Å². The highest BCUT2D eigenvalue weighted by Crippen LogP contribution is 2.29. The fourth-order valence-corrected chi connectivity index (χ4v) is 4.47. The fourth-order valence-electron chi connectivity index (χ4n) is 4.12. The predicted molar refractivity (Wildman–Crippen MR) is 131 cm³/mol. The van der Waals surface area contributed by atoms with Crippen LogP contribution in [-0.4, -0.2) is 40.2 Å². The quantitative estimate of drug-likeness (QED) is 0.490. The Hall–Kier alpha value is -2.02. The summed E-state index contributed by atoms with van der Waals surface area (Å²) in [6.07, 6.45) is 0.439. The van der Waals surface area contributed by atoms with E-state index in [1.54, 1.807) is 0 Å². The molecule has 0 amide bonds. The van der Waals surface area contributed by atoms with Crippen molar-refractivity contribution >= 4 is 38.3 Å². The summed E-state index contributed by atoms with van der Waals surface area (Å²) >= 11 is 3.58. The first-order valence-electron chi connectivity index (χ1n) is 10.9. The second-order valence-corrected chi connectivity index (χ2v) is 10.5. The molecule has 31 heavy (non-hydrogen) atoms. The van der Waals surface area contributed by atoms with Crippen molar-refractivity contribution in [3.63, 3.8) is 0 Å². The number of aromatic nitrogens is 2. The summed E-state index contributed by atoms with van der Waals surface area (Å²) in [5, 5.41) is 4.54. The van der Waals surface area contributed by atoms with Crippen LogP contribution in [0.4, 0.5) is 11.5 Å². The second-order valence-electron chi connectivity index (χ2n) is 9.55. The standard InChI is InChI=1S/C25H31BrN4O/c1-16-13-30(14-17(2)31-16)15-23-28-22-12-19(26)8-11-21(22)24(29-23)27-20-9-6-18(7-10-20)25(3,4)5/h6-12,16-17H,13-15H2,1-5H3,(H,27,28,29)/t16-,17+. The molecule has 6 heteroatoms. The molecule has 5 nitrogen and oxygen atoms in total. The van der Waals surface area contributed by atoms with Gasteiger partial charge >= 0.3 is 0 Å². The van der Waals surface area contributed by atoms with Crippen LogP contribution in [0, 0.1) is 0 Å². The third-order valence-electron chi connectivity index (χ3n) is 5.58. The maximum atomic E-state index is 5.88. The van der Waals surface area contributed by atoms with Crippen LogP contribution < -0.4 is 5.32 Å². The first kappa shape index (κ1) is 22.2. The van der Waals surface area contributed by atoms with Gasteiger partial charge in [0, 0.05) is 28.6 Å². The zero-order valence-electron chi connectivity index (χ0n) is 18.9. The van der Waals surface area contributed by atoms with Crippen molar-refractivity contribution in [2.75, 3.05) is 18.4 Å². The monoisotopic (exact) mass is 482 g/mol. The number of fused-ring (bicyclic) bond motifs is 1. The average molecular weight is 483 g/mol. The third kappa shape index (κ3) is 5.43. The van der Waals surface area contributed by atoms with Crippen LogP contribution in [0.25, 0.3) is 10.9 Å². The number of halogens is 1. The van der Waals surface area contributed by atoms with E-state index in [-0.39, 0.29) is 17.6 Å². The van der Waals surface area contributed by atoms with Gasteiger partial charge in [0.05, 0.1) is 24.3 Å². The van der Waals surface area contributed by atoms with E-state index >= 15 is 0 Å². The molecule has 1 aliphatic heterocycles. The third-order valence-corrected chi connectivity index (χ3v) is 6.07. The van der Waals surface area contributed by atoms with Gasteiger partial charge in [0.15, 0.2) is 0 Å². The summed E-state index contributed by atoms with van der Waals surface area (Å²) in [7, 11) is 0. The summed E-state index contributed by atoms with van der Waals surface area (Å²) in [4.78, 5) is 12.2. The van der Waals surface area contributed by atoms with E-state index in [0.717, 1.165) is 45.8 Å². The van der Waals surface area contributed by atoms with E-state index in [1.165, 1.54) is 5.56 Å². The lowest BCUT2D eigenvalue weighted by molar-refractivity contribution is -0.0710. The maximum absolute atomic E-state index is 5.88. The van der Waals surface area contributed by atoms with Crippen molar-refractivity contribution in [2.45, 2.75) is 58.8 Å². The normalized spacial score (nSPS) is 20.2. The summed E-state index contributed by atoms with van der Waals surface area (Å²) in [5.74, 6) is 1.66. The summed E-state index contributed by atoms with van der Waals surface area (Å²) in [6, 6.07) is 14.8. The molecule has 0 radical (unpaired) electrons. The van der Waals surface area contributed by atoms with Crippen molar-refractivity contribution in [1.29, 1.82) is 0 Å². The van der Waals surface area contributed by atoms with Gasteiger partial charge in [0.25, 0.3) is 0 Å². The van der Waals surface area contributed by atoms with Crippen molar-refractivity contribution in [2.24, 2.45) is 0 Å². The number of ether oxygens (including phenoxy) is 1. The molecule has 1 N–H and O–H groups in total. The number of anilines is 2. The van der Waals surface area contributed by atoms with E-state index < -0.39 is 0 Å². The van der Waals surface area contributed by atoms with Gasteiger partial charge in [-0.2, -0.15) is 0 Å². The molecule has 3 aromatic rings. The summed E-state index contributed by atoms with van der Waals surface area (Å²) in [5.41, 5.74) is 3.40. The number of hydrogen-bond donors (Lipinski definition) is 1. The maximum Gasteiger partial charge on any atom is 0.145 e. The van der Waals surface area contributed by atoms with Crippen molar-refractivity contribution < 1.29 is 4.74 Å². The Morgan fingerprint density at radius 3 is 2.35 bits per heavy atom. The molecule has 164 valence electrons. The highest BCUT2D eigenvalue weighted by atomic mass is 79.9. The van der Waals surface area contributed by atoms with E-state index in [1.807, 2.05) is 6.07 Å². The van der Waals surface area contributed by atoms with Crippen LogP contribution in [0.1, 0.15) is 46.0 Å². The molecular weight excluding hydrogens is 452 g/mol. The molecule has 4 rings (SSSR count). The lowest BCUT2D eigenvalue weighted by atomic mass is 9.87. The van der Waals surface area contributed by atoms with Crippen molar-refractivity contribution in [1.82, 2.24) is 14.9 Å². The SMILES string of the molecule is C[C@@H]1CN(Cc2nc(Nc3ccc(C(C)(C)C)cc3)c3ccc(Br)cc3n2)C[C@H](C)O1. The van der Waals surface area contributed by atoms with Crippen LogP contribution in [0.2, 0.25) is 0 Å². The van der Waals surface area contributed by atoms with Gasteiger partial charge in [0.2, 0.25) is 0 Å². The minimum atomic E-state index is 0.131. The molecular formula is C25H31BrN4O. The number of rotatable bonds is 4. The molecule has 2 aromatic carbocycles. The predicted octanol–water partition coefficient (Wildman–Crippen LogP) is 6.04. The van der Waals surface area contributed by atoms with Crippen LogP contribution in [0.3, 0.4) is 0 Å². The average Bonchev–Trinajstić information content (AvgIpc) is 2.66. The Labute approximate surface area is 193 Å². The molecule has 2 heterocycles. The fraction of sp³-hybridized carbons (Fsp3) is 0.440.